The Kier molecular flexibility index (Phi) is 6.01. The summed E-state index contributed by atoms with van der Waals surface area (Å²) in [6.45, 7) is 0.987. The lowest BCUT2D eigenvalue weighted by molar-refractivity contribution is -0.0503. The Morgan fingerprint density at radius 2 is 1.87 bits per heavy atom. The Balaban J connectivity index is 0.000000921. The molecule has 0 unspecified atom stereocenters. The molecule has 0 radical (unpaired) electrons. The summed E-state index contributed by atoms with van der Waals surface area (Å²) >= 11 is 0. The normalized spacial score (nSPS) is 9.13. The van der Waals surface area contributed by atoms with Gasteiger partial charge in [-0.1, -0.05) is 26.0 Å². The van der Waals surface area contributed by atoms with Crippen molar-refractivity contribution < 1.29 is 23.4 Å². The van der Waals surface area contributed by atoms with Gasteiger partial charge in [-0.15, -0.1) is 0 Å². The molecule has 0 spiro atoms. The lowest BCUT2D eigenvalue weighted by Gasteiger charge is -2.06. The Bertz CT molecular complexity index is 313. The monoisotopic (exact) mass is 218 g/mol. The molecule has 15 heavy (non-hydrogen) atoms. The summed E-state index contributed by atoms with van der Waals surface area (Å²) in [5.74, 6) is -1.62. The highest BCUT2D eigenvalue weighted by Crippen LogP contribution is 2.19. The minimum Gasteiger partial charge on any atom is -0.478 e. The van der Waals surface area contributed by atoms with Crippen LogP contribution in [-0.2, 0) is 0 Å². The van der Waals surface area contributed by atoms with Gasteiger partial charge in [-0.2, -0.15) is 8.78 Å². The van der Waals surface area contributed by atoms with Gasteiger partial charge >= 0.3 is 12.6 Å². The number of benzene rings is 1. The lowest BCUT2D eigenvalue weighted by atomic mass is 10.2. The highest BCUT2D eigenvalue weighted by Gasteiger charge is 2.13. The van der Waals surface area contributed by atoms with Crippen molar-refractivity contribution in [1.29, 1.82) is 0 Å². The van der Waals surface area contributed by atoms with E-state index in [9.17, 15) is 13.6 Å². The molecule has 3 nitrogen and oxygen atoms in total. The van der Waals surface area contributed by atoms with E-state index in [1.807, 2.05) is 13.8 Å². The lowest BCUT2D eigenvalue weighted by Crippen LogP contribution is -2.07. The summed E-state index contributed by atoms with van der Waals surface area (Å²) in [4.78, 5) is 10.5. The minimum absolute atomic E-state index is 0.275. The molecule has 0 amide bonds. The van der Waals surface area contributed by atoms with Crippen LogP contribution in [0.3, 0.4) is 0 Å². The van der Waals surface area contributed by atoms with E-state index in [2.05, 4.69) is 4.74 Å². The topological polar surface area (TPSA) is 46.5 Å². The van der Waals surface area contributed by atoms with Crippen molar-refractivity contribution in [1.82, 2.24) is 0 Å². The van der Waals surface area contributed by atoms with Crippen LogP contribution in [0.2, 0.25) is 0 Å². The first kappa shape index (κ1) is 13.4. The molecule has 1 aromatic rings. The number of para-hydroxylation sites is 1. The van der Waals surface area contributed by atoms with Crippen LogP contribution in [0.1, 0.15) is 24.2 Å². The summed E-state index contributed by atoms with van der Waals surface area (Å²) in [7, 11) is 0. The Morgan fingerprint density at radius 1 is 1.33 bits per heavy atom. The van der Waals surface area contributed by atoms with Gasteiger partial charge in [-0.25, -0.2) is 4.79 Å². The standard InChI is InChI=1S/C8H6F2O3.C2H6/c9-8(10)13-6-4-2-1-3-5(6)7(11)12;1-2/h1-4,8H,(H,11,12);1-2H3. The van der Waals surface area contributed by atoms with Crippen LogP contribution in [-0.4, -0.2) is 17.7 Å². The fourth-order valence-electron chi connectivity index (χ4n) is 0.842. The van der Waals surface area contributed by atoms with Crippen molar-refractivity contribution in [2.24, 2.45) is 0 Å². The molecule has 5 heteroatoms. The number of aromatic carboxylic acids is 1. The average Bonchev–Trinajstić information content (AvgIpc) is 2.20. The third-order valence-corrected chi connectivity index (χ3v) is 1.33. The predicted molar refractivity (Wildman–Crippen MR) is 51.4 cm³/mol. The summed E-state index contributed by atoms with van der Waals surface area (Å²) in [5.41, 5.74) is -0.275. The number of hydrogen-bond acceptors (Lipinski definition) is 2. The van der Waals surface area contributed by atoms with E-state index in [-0.39, 0.29) is 11.3 Å². The molecule has 84 valence electrons. The molecule has 0 atom stereocenters. The fourth-order valence-corrected chi connectivity index (χ4v) is 0.842. The van der Waals surface area contributed by atoms with Crippen LogP contribution in [0.4, 0.5) is 8.78 Å². The molecule has 0 bridgehead atoms. The molecular weight excluding hydrogens is 206 g/mol. The highest BCUT2D eigenvalue weighted by atomic mass is 19.3. The fraction of sp³-hybridized carbons (Fsp3) is 0.300. The van der Waals surface area contributed by atoms with Crippen LogP contribution >= 0.6 is 0 Å². The van der Waals surface area contributed by atoms with Crippen molar-refractivity contribution in [2.75, 3.05) is 0 Å². The number of alkyl halides is 2. The van der Waals surface area contributed by atoms with Gasteiger partial charge in [0.25, 0.3) is 0 Å². The summed E-state index contributed by atoms with van der Waals surface area (Å²) in [5, 5.41) is 8.55. The first-order valence-electron chi connectivity index (χ1n) is 4.38. The molecule has 1 N–H and O–H groups in total. The molecule has 0 aliphatic heterocycles. The molecule has 0 aromatic heterocycles. The second kappa shape index (κ2) is 6.75. The van der Waals surface area contributed by atoms with Crippen LogP contribution in [0, 0.1) is 0 Å². The van der Waals surface area contributed by atoms with Gasteiger partial charge in [0, 0.05) is 0 Å². The Morgan fingerprint density at radius 3 is 2.33 bits per heavy atom. The van der Waals surface area contributed by atoms with Gasteiger partial charge in [-0.05, 0) is 12.1 Å². The van der Waals surface area contributed by atoms with Gasteiger partial charge in [0.05, 0.1) is 0 Å². The van der Waals surface area contributed by atoms with E-state index in [4.69, 9.17) is 5.11 Å². The maximum Gasteiger partial charge on any atom is 0.387 e. The largest absolute Gasteiger partial charge is 0.478 e. The molecule has 1 aromatic carbocycles. The third kappa shape index (κ3) is 4.39. The summed E-state index contributed by atoms with van der Waals surface area (Å²) in [6.07, 6.45) is 0. The van der Waals surface area contributed by atoms with Crippen molar-refractivity contribution >= 4 is 5.97 Å². The van der Waals surface area contributed by atoms with E-state index >= 15 is 0 Å². The van der Waals surface area contributed by atoms with Crippen molar-refractivity contribution in [3.8, 4) is 5.75 Å². The molecule has 0 aliphatic rings. The van der Waals surface area contributed by atoms with Gasteiger partial charge in [0.1, 0.15) is 11.3 Å². The first-order chi connectivity index (χ1) is 7.11. The maximum absolute atomic E-state index is 11.7. The molecular formula is C10H12F2O3. The second-order valence-electron chi connectivity index (χ2n) is 2.18. The van der Waals surface area contributed by atoms with Gasteiger partial charge < -0.3 is 9.84 Å². The van der Waals surface area contributed by atoms with Crippen molar-refractivity contribution in [2.45, 2.75) is 20.5 Å². The predicted octanol–water partition coefficient (Wildman–Crippen LogP) is 3.01. The van der Waals surface area contributed by atoms with E-state index in [1.165, 1.54) is 24.3 Å². The number of ether oxygens (including phenoxy) is 1. The molecule has 0 saturated carbocycles. The molecule has 0 saturated heterocycles. The smallest absolute Gasteiger partial charge is 0.387 e. The van der Waals surface area contributed by atoms with Gasteiger partial charge in [0.2, 0.25) is 0 Å². The highest BCUT2D eigenvalue weighted by molar-refractivity contribution is 5.90. The van der Waals surface area contributed by atoms with Crippen LogP contribution in [0.15, 0.2) is 24.3 Å². The number of halogens is 2. The van der Waals surface area contributed by atoms with E-state index < -0.39 is 12.6 Å². The van der Waals surface area contributed by atoms with Crippen LogP contribution in [0.25, 0.3) is 0 Å². The maximum atomic E-state index is 11.7. The van der Waals surface area contributed by atoms with Gasteiger partial charge in [-0.3, -0.25) is 0 Å². The minimum atomic E-state index is -3.01. The zero-order chi connectivity index (χ0) is 11.8. The molecule has 1 rings (SSSR count). The number of carbonyl (C=O) groups is 1. The average molecular weight is 218 g/mol. The van der Waals surface area contributed by atoms with E-state index in [0.29, 0.717) is 0 Å². The third-order valence-electron chi connectivity index (χ3n) is 1.33. The Labute approximate surface area is 86.3 Å². The zero-order valence-electron chi connectivity index (χ0n) is 8.41. The number of hydrogen-bond donors (Lipinski definition) is 1. The summed E-state index contributed by atoms with van der Waals surface area (Å²) in [6, 6.07) is 5.22. The number of rotatable bonds is 3. The van der Waals surface area contributed by atoms with Crippen LogP contribution < -0.4 is 4.74 Å². The van der Waals surface area contributed by atoms with E-state index in [1.54, 1.807) is 0 Å². The first-order valence-corrected chi connectivity index (χ1v) is 4.38. The van der Waals surface area contributed by atoms with Crippen molar-refractivity contribution in [3.63, 3.8) is 0 Å². The molecule has 0 aliphatic carbocycles. The van der Waals surface area contributed by atoms with Crippen molar-refractivity contribution in [3.05, 3.63) is 29.8 Å². The van der Waals surface area contributed by atoms with Crippen LogP contribution in [0.5, 0.6) is 5.75 Å². The number of carboxylic acids is 1. The summed E-state index contributed by atoms with van der Waals surface area (Å²) < 4.78 is 27.5. The Hall–Kier alpha value is -1.65. The second-order valence-corrected chi connectivity index (χ2v) is 2.18. The zero-order valence-corrected chi connectivity index (χ0v) is 8.41. The van der Waals surface area contributed by atoms with Gasteiger partial charge in [0.15, 0.2) is 0 Å². The SMILES string of the molecule is CC.O=C(O)c1ccccc1OC(F)F. The molecule has 0 heterocycles. The number of carboxylic acid groups (broad SMARTS) is 1. The molecule has 0 fully saturated rings. The quantitative estimate of drug-likeness (QED) is 0.848. The van der Waals surface area contributed by atoms with E-state index in [0.717, 1.165) is 0 Å².